The molecule has 1 N–H and O–H groups in total. The number of hydrogen-bond acceptors (Lipinski definition) is 5. The van der Waals surface area contributed by atoms with Crippen molar-refractivity contribution in [1.29, 1.82) is 0 Å². The third kappa shape index (κ3) is 3.82. The number of anilines is 1. The molecule has 1 amide bonds. The first-order valence-corrected chi connectivity index (χ1v) is 7.62. The number of benzene rings is 1. The number of ether oxygens (including phenoxy) is 1. The Morgan fingerprint density at radius 3 is 2.57 bits per heavy atom. The Morgan fingerprint density at radius 2 is 1.91 bits per heavy atom. The number of amides is 1. The largest absolute Gasteiger partial charge is 0.421 e. The third-order valence-electron chi connectivity index (χ3n) is 2.72. The second kappa shape index (κ2) is 6.72. The van der Waals surface area contributed by atoms with Gasteiger partial charge in [0.2, 0.25) is 0 Å². The van der Waals surface area contributed by atoms with Crippen molar-refractivity contribution in [3.63, 3.8) is 0 Å². The van der Waals surface area contributed by atoms with Crippen LogP contribution in [0.15, 0.2) is 48.8 Å². The summed E-state index contributed by atoms with van der Waals surface area (Å²) in [5, 5.41) is 2.63. The van der Waals surface area contributed by atoms with E-state index in [0.717, 1.165) is 0 Å². The van der Waals surface area contributed by atoms with Gasteiger partial charge in [0, 0.05) is 0 Å². The van der Waals surface area contributed by atoms with E-state index in [1.807, 2.05) is 0 Å². The molecule has 0 unspecified atom stereocenters. The van der Waals surface area contributed by atoms with Gasteiger partial charge in [-0.3, -0.25) is 4.79 Å². The zero-order chi connectivity index (χ0) is 16.2. The van der Waals surface area contributed by atoms with E-state index in [0.29, 0.717) is 14.9 Å². The van der Waals surface area contributed by atoms with Crippen LogP contribution >= 0.6 is 22.9 Å². The predicted octanol–water partition coefficient (Wildman–Crippen LogP) is 4.38. The highest BCUT2D eigenvalue weighted by molar-refractivity contribution is 7.18. The number of para-hydroxylation sites is 1. The van der Waals surface area contributed by atoms with Crippen LogP contribution in [0, 0.1) is 5.82 Å². The summed E-state index contributed by atoms with van der Waals surface area (Å²) in [6.07, 6.45) is 2.74. The van der Waals surface area contributed by atoms with Crippen LogP contribution in [0.5, 0.6) is 11.8 Å². The van der Waals surface area contributed by atoms with Gasteiger partial charge in [-0.1, -0.05) is 23.7 Å². The van der Waals surface area contributed by atoms with E-state index in [4.69, 9.17) is 16.3 Å². The average molecular weight is 350 g/mol. The Balaban J connectivity index is 1.67. The molecular weight excluding hydrogens is 341 g/mol. The molecule has 116 valence electrons. The zero-order valence-corrected chi connectivity index (χ0v) is 13.1. The monoisotopic (exact) mass is 349 g/mol. The molecule has 0 bridgehead atoms. The molecule has 0 spiro atoms. The van der Waals surface area contributed by atoms with Crippen molar-refractivity contribution < 1.29 is 13.9 Å². The van der Waals surface area contributed by atoms with Gasteiger partial charge in [0.15, 0.2) is 11.6 Å². The average Bonchev–Trinajstić information content (AvgIpc) is 2.98. The number of hydrogen-bond donors (Lipinski definition) is 1. The van der Waals surface area contributed by atoms with Gasteiger partial charge in [-0.15, -0.1) is 11.3 Å². The zero-order valence-electron chi connectivity index (χ0n) is 11.5. The van der Waals surface area contributed by atoms with Gasteiger partial charge in [0.1, 0.15) is 0 Å². The lowest BCUT2D eigenvalue weighted by Crippen LogP contribution is -2.10. The fraction of sp³-hybridized carbons (Fsp3) is 0. The second-order valence-corrected chi connectivity index (χ2v) is 6.06. The molecule has 0 saturated carbocycles. The highest BCUT2D eigenvalue weighted by Gasteiger charge is 2.10. The molecule has 0 saturated heterocycles. The summed E-state index contributed by atoms with van der Waals surface area (Å²) in [6.45, 7) is 0. The Labute approximate surface area is 139 Å². The summed E-state index contributed by atoms with van der Waals surface area (Å²) in [5.41, 5.74) is 0.389. The van der Waals surface area contributed by atoms with Gasteiger partial charge in [0.25, 0.3) is 5.91 Å². The van der Waals surface area contributed by atoms with Gasteiger partial charge in [-0.25, -0.2) is 14.4 Å². The summed E-state index contributed by atoms with van der Waals surface area (Å²) in [6, 6.07) is 9.18. The van der Waals surface area contributed by atoms with E-state index in [1.165, 1.54) is 35.9 Å². The van der Waals surface area contributed by atoms with Crippen LogP contribution in [0.3, 0.4) is 0 Å². The molecule has 0 aliphatic heterocycles. The van der Waals surface area contributed by atoms with E-state index >= 15 is 0 Å². The van der Waals surface area contributed by atoms with Crippen molar-refractivity contribution in [3.8, 4) is 11.8 Å². The molecule has 0 atom stereocenters. The van der Waals surface area contributed by atoms with Gasteiger partial charge in [0.05, 0.1) is 27.3 Å². The number of rotatable bonds is 4. The van der Waals surface area contributed by atoms with Crippen LogP contribution in [0.4, 0.5) is 10.1 Å². The third-order valence-corrected chi connectivity index (χ3v) is 3.95. The normalized spacial score (nSPS) is 10.3. The fourth-order valence-electron chi connectivity index (χ4n) is 1.69. The number of aromatic nitrogens is 2. The topological polar surface area (TPSA) is 64.1 Å². The predicted molar refractivity (Wildman–Crippen MR) is 85.8 cm³/mol. The molecule has 3 rings (SSSR count). The van der Waals surface area contributed by atoms with Crippen LogP contribution in [0.2, 0.25) is 4.34 Å². The minimum Gasteiger partial charge on any atom is -0.421 e. The number of halogens is 2. The lowest BCUT2D eigenvalue weighted by Gasteiger charge is -2.06. The molecule has 5 nitrogen and oxygen atoms in total. The smallest absolute Gasteiger partial charge is 0.322 e. The number of nitrogens with one attached hydrogen (secondary N) is 1. The van der Waals surface area contributed by atoms with Crippen molar-refractivity contribution in [2.24, 2.45) is 0 Å². The molecule has 3 aromatic rings. The van der Waals surface area contributed by atoms with Crippen molar-refractivity contribution in [1.82, 2.24) is 9.97 Å². The minimum absolute atomic E-state index is 0.0210. The molecule has 2 aromatic heterocycles. The van der Waals surface area contributed by atoms with E-state index in [-0.39, 0.29) is 17.7 Å². The molecule has 1 aromatic carbocycles. The Bertz CT molecular complexity index is 839. The van der Waals surface area contributed by atoms with Crippen LogP contribution in [-0.4, -0.2) is 15.9 Å². The number of thiophene rings is 1. The minimum atomic E-state index is -0.511. The maximum absolute atomic E-state index is 13.5. The Hall–Kier alpha value is -2.51. The maximum atomic E-state index is 13.5. The van der Waals surface area contributed by atoms with Crippen molar-refractivity contribution >= 4 is 34.5 Å². The first-order chi connectivity index (χ1) is 11.1. The molecule has 0 radical (unpaired) electrons. The fourth-order valence-corrected chi connectivity index (χ4v) is 2.63. The van der Waals surface area contributed by atoms with Crippen LogP contribution < -0.4 is 10.1 Å². The Kier molecular flexibility index (Phi) is 4.50. The van der Waals surface area contributed by atoms with Gasteiger partial charge >= 0.3 is 6.01 Å². The Morgan fingerprint density at radius 1 is 1.17 bits per heavy atom. The summed E-state index contributed by atoms with van der Waals surface area (Å²) >= 11 is 6.95. The van der Waals surface area contributed by atoms with Crippen molar-refractivity contribution in [2.75, 3.05) is 5.32 Å². The summed E-state index contributed by atoms with van der Waals surface area (Å²) in [5.74, 6) is -0.797. The highest BCUT2D eigenvalue weighted by atomic mass is 35.5. The van der Waals surface area contributed by atoms with E-state index in [9.17, 15) is 9.18 Å². The highest BCUT2D eigenvalue weighted by Crippen LogP contribution is 2.23. The van der Waals surface area contributed by atoms with E-state index in [2.05, 4.69) is 15.3 Å². The second-order valence-electron chi connectivity index (χ2n) is 4.34. The SMILES string of the molecule is O=C(Nc1cnc(Oc2ccccc2F)nc1)c1ccc(Cl)s1. The number of carbonyl (C=O) groups excluding carboxylic acids is 1. The molecule has 2 heterocycles. The van der Waals surface area contributed by atoms with Crippen molar-refractivity contribution in [3.05, 3.63) is 63.8 Å². The summed E-state index contributed by atoms with van der Waals surface area (Å²) in [7, 11) is 0. The number of carbonyl (C=O) groups is 1. The molecule has 0 aliphatic carbocycles. The van der Waals surface area contributed by atoms with E-state index in [1.54, 1.807) is 24.3 Å². The number of nitrogens with zero attached hydrogens (tertiary/aromatic N) is 2. The first kappa shape index (κ1) is 15.4. The molecule has 8 heteroatoms. The quantitative estimate of drug-likeness (QED) is 0.759. The molecular formula is C15H9ClFN3O2S. The maximum Gasteiger partial charge on any atom is 0.322 e. The summed E-state index contributed by atoms with van der Waals surface area (Å²) in [4.78, 5) is 20.3. The van der Waals surface area contributed by atoms with E-state index < -0.39 is 5.82 Å². The molecule has 0 aliphatic rings. The van der Waals surface area contributed by atoms with Crippen LogP contribution in [0.25, 0.3) is 0 Å². The van der Waals surface area contributed by atoms with Crippen LogP contribution in [0.1, 0.15) is 9.67 Å². The lowest BCUT2D eigenvalue weighted by molar-refractivity contribution is 0.103. The van der Waals surface area contributed by atoms with Gasteiger partial charge in [-0.05, 0) is 24.3 Å². The van der Waals surface area contributed by atoms with Gasteiger partial charge < -0.3 is 10.1 Å². The summed E-state index contributed by atoms with van der Waals surface area (Å²) < 4.78 is 19.2. The lowest BCUT2D eigenvalue weighted by atomic mass is 10.3. The van der Waals surface area contributed by atoms with Crippen molar-refractivity contribution in [2.45, 2.75) is 0 Å². The first-order valence-electron chi connectivity index (χ1n) is 6.43. The standard InChI is InChI=1S/C15H9ClFN3O2S/c16-13-6-5-12(23-13)14(21)20-9-7-18-15(19-8-9)22-11-4-2-1-3-10(11)17/h1-8H,(H,20,21). The van der Waals surface area contributed by atoms with Crippen LogP contribution in [-0.2, 0) is 0 Å². The van der Waals surface area contributed by atoms with Gasteiger partial charge in [-0.2, -0.15) is 0 Å². The molecule has 0 fully saturated rings. The molecule has 23 heavy (non-hydrogen) atoms.